The molecule has 0 spiro atoms. The molecule has 0 fully saturated rings. The molecule has 4 aromatic heterocycles. The van der Waals surface area contributed by atoms with Gasteiger partial charge in [0.1, 0.15) is 0 Å². The van der Waals surface area contributed by atoms with Gasteiger partial charge >= 0.3 is 0 Å². The van der Waals surface area contributed by atoms with Gasteiger partial charge in [0.15, 0.2) is 0 Å². The van der Waals surface area contributed by atoms with Crippen molar-refractivity contribution in [1.29, 1.82) is 0 Å². The molecule has 4 heterocycles. The predicted molar refractivity (Wildman–Crippen MR) is 185 cm³/mol. The van der Waals surface area contributed by atoms with Crippen LogP contribution in [0, 0.1) is 6.92 Å². The van der Waals surface area contributed by atoms with Gasteiger partial charge in [-0.3, -0.25) is 0 Å². The van der Waals surface area contributed by atoms with Crippen LogP contribution >= 0.6 is 45.3 Å². The molecule has 0 unspecified atom stereocenters. The molecule has 0 aliphatic heterocycles. The maximum absolute atomic E-state index is 3.66. The van der Waals surface area contributed by atoms with Gasteiger partial charge in [-0.25, -0.2) is 0 Å². The van der Waals surface area contributed by atoms with Gasteiger partial charge in [-0.05, 0) is 60.9 Å². The minimum atomic E-state index is 1.05. The van der Waals surface area contributed by atoms with Crippen LogP contribution in [0.15, 0.2) is 72.8 Å². The van der Waals surface area contributed by atoms with Crippen LogP contribution in [0.1, 0.15) is 51.0 Å². The smallest absolute Gasteiger partial charge is 0.0536 e. The molecule has 0 saturated heterocycles. The van der Waals surface area contributed by atoms with Crippen molar-refractivity contribution < 1.29 is 0 Å². The second-order valence-electron chi connectivity index (χ2n) is 10.8. The Balaban J connectivity index is 1.16. The lowest BCUT2D eigenvalue weighted by Gasteiger charge is -2.08. The number of hydrogen-bond donors (Lipinski definition) is 1. The van der Waals surface area contributed by atoms with Gasteiger partial charge in [-0.1, -0.05) is 81.0 Å². The van der Waals surface area contributed by atoms with E-state index in [9.17, 15) is 0 Å². The fourth-order valence-electron chi connectivity index (χ4n) is 5.60. The molecule has 3 aromatic carbocycles. The van der Waals surface area contributed by atoms with E-state index in [0.29, 0.717) is 0 Å². The summed E-state index contributed by atoms with van der Waals surface area (Å²) in [5, 5.41) is 6.48. The Bertz CT molecular complexity index is 1950. The first-order valence-electron chi connectivity index (χ1n) is 14.4. The lowest BCUT2D eigenvalue weighted by Crippen LogP contribution is -2.01. The molecule has 0 atom stereocenters. The van der Waals surface area contributed by atoms with Crippen molar-refractivity contribution in [3.8, 4) is 20.9 Å². The molecule has 0 saturated carbocycles. The fourth-order valence-corrected chi connectivity index (χ4v) is 10.7. The number of anilines is 1. The number of thiophene rings is 4. The molecule has 1 nitrogen and oxygen atoms in total. The van der Waals surface area contributed by atoms with Crippen molar-refractivity contribution in [2.45, 2.75) is 52.4 Å². The first kappa shape index (κ1) is 26.2. The van der Waals surface area contributed by atoms with Gasteiger partial charge in [0.25, 0.3) is 0 Å². The highest BCUT2D eigenvalue weighted by molar-refractivity contribution is 7.35. The molecule has 0 amide bonds. The number of nitrogens with one attached hydrogen (secondary N) is 1. The Kier molecular flexibility index (Phi) is 7.40. The average molecular weight is 596 g/mol. The van der Waals surface area contributed by atoms with Crippen molar-refractivity contribution in [2.75, 3.05) is 11.9 Å². The lowest BCUT2D eigenvalue weighted by atomic mass is 10.1. The van der Waals surface area contributed by atoms with Gasteiger partial charge in [0.05, 0.1) is 9.40 Å². The molecule has 0 bridgehead atoms. The molecule has 7 rings (SSSR count). The van der Waals surface area contributed by atoms with E-state index in [1.807, 2.05) is 45.3 Å². The highest BCUT2D eigenvalue weighted by Gasteiger charge is 2.16. The van der Waals surface area contributed by atoms with Gasteiger partial charge < -0.3 is 5.32 Å². The molecule has 0 aliphatic rings. The topological polar surface area (TPSA) is 12.0 Å². The zero-order valence-electron chi connectivity index (χ0n) is 23.0. The molecule has 7 aromatic rings. The number of unbranched alkanes of at least 4 members (excludes halogenated alkanes) is 5. The van der Waals surface area contributed by atoms with Crippen LogP contribution in [0.2, 0.25) is 0 Å². The van der Waals surface area contributed by atoms with Crippen LogP contribution in [-0.4, -0.2) is 6.54 Å². The lowest BCUT2D eigenvalue weighted by molar-refractivity contribution is 0.617. The van der Waals surface area contributed by atoms with Crippen LogP contribution in [-0.2, 0) is 0 Å². The first-order valence-corrected chi connectivity index (χ1v) is 17.7. The third-order valence-electron chi connectivity index (χ3n) is 7.72. The van der Waals surface area contributed by atoms with Gasteiger partial charge in [-0.2, -0.15) is 0 Å². The Morgan fingerprint density at radius 3 is 1.88 bits per heavy atom. The molecule has 0 aliphatic carbocycles. The van der Waals surface area contributed by atoms with Crippen molar-refractivity contribution in [3.05, 3.63) is 78.4 Å². The maximum atomic E-state index is 3.66. The quantitative estimate of drug-likeness (QED) is 0.155. The van der Waals surface area contributed by atoms with Gasteiger partial charge in [0, 0.05) is 51.6 Å². The molecule has 202 valence electrons. The maximum Gasteiger partial charge on any atom is 0.0536 e. The monoisotopic (exact) mass is 595 g/mol. The molecule has 5 heteroatoms. The van der Waals surface area contributed by atoms with Crippen LogP contribution in [0.25, 0.3) is 59.9 Å². The minimum Gasteiger partial charge on any atom is -0.385 e. The molecule has 1 N–H and O–H groups in total. The predicted octanol–water partition coefficient (Wildman–Crippen LogP) is 13.0. The number of hydrogen-bond acceptors (Lipinski definition) is 5. The second kappa shape index (κ2) is 11.3. The van der Waals surface area contributed by atoms with Crippen LogP contribution in [0.4, 0.5) is 5.69 Å². The largest absolute Gasteiger partial charge is 0.385 e. The third-order valence-corrected chi connectivity index (χ3v) is 12.6. The fraction of sp³-hybridized carbons (Fsp3) is 0.257. The Morgan fingerprint density at radius 1 is 0.575 bits per heavy atom. The van der Waals surface area contributed by atoms with Gasteiger partial charge in [-0.15, -0.1) is 45.3 Å². The number of rotatable bonds is 10. The summed E-state index contributed by atoms with van der Waals surface area (Å²) in [7, 11) is 0. The second-order valence-corrected chi connectivity index (χ2v) is 15.1. The van der Waals surface area contributed by atoms with Crippen molar-refractivity contribution in [1.82, 2.24) is 0 Å². The van der Waals surface area contributed by atoms with Crippen LogP contribution in [0.5, 0.6) is 0 Å². The van der Waals surface area contributed by atoms with Crippen LogP contribution < -0.4 is 5.32 Å². The van der Waals surface area contributed by atoms with Crippen molar-refractivity contribution in [2.24, 2.45) is 0 Å². The first-order chi connectivity index (χ1) is 19.7. The Labute approximate surface area is 252 Å². The summed E-state index contributed by atoms with van der Waals surface area (Å²) >= 11 is 7.76. The van der Waals surface area contributed by atoms with Crippen molar-refractivity contribution >= 4 is 90.0 Å². The summed E-state index contributed by atoms with van der Waals surface area (Å²) in [6.07, 6.45) is 7.99. The number of benzene rings is 3. The summed E-state index contributed by atoms with van der Waals surface area (Å²) in [5.74, 6) is 0. The summed E-state index contributed by atoms with van der Waals surface area (Å²) in [6.45, 7) is 5.51. The zero-order chi connectivity index (χ0) is 27.1. The van der Waals surface area contributed by atoms with E-state index in [2.05, 4.69) is 92.0 Å². The number of aryl methyl sites for hydroxylation is 1. The third kappa shape index (κ3) is 5.09. The van der Waals surface area contributed by atoms with Crippen molar-refractivity contribution in [3.63, 3.8) is 0 Å². The molecule has 40 heavy (non-hydrogen) atoms. The Morgan fingerprint density at radius 2 is 1.20 bits per heavy atom. The SMILES string of the molecule is CCCCCCCCNc1cccc(-c2cc3sc4cc5sc6cc(-c7cccc(C)c7)sc6c5cc4c3s2)c1. The number of fused-ring (bicyclic) bond motifs is 6. The standard InChI is InChI=1S/C35H33NS4/c1-3-4-5-6-7-8-15-36-25-14-10-13-24(17-25)29-20-33-35(40-29)27-18-26-30(21-31(27)38-33)37-32-19-28(39-34(26)32)23-12-9-11-22(2)16-23/h9-14,16-21,36H,3-8,15H2,1-2H3. The molecular formula is C35H33NS4. The van der Waals surface area contributed by atoms with E-state index in [1.54, 1.807) is 0 Å². The average Bonchev–Trinajstić information content (AvgIpc) is 3.71. The summed E-state index contributed by atoms with van der Waals surface area (Å²) in [6, 6.07) is 27.5. The summed E-state index contributed by atoms with van der Waals surface area (Å²) in [5.41, 5.74) is 5.19. The summed E-state index contributed by atoms with van der Waals surface area (Å²) in [4.78, 5) is 2.73. The molecular weight excluding hydrogens is 563 g/mol. The molecule has 0 radical (unpaired) electrons. The minimum absolute atomic E-state index is 1.05. The zero-order valence-corrected chi connectivity index (χ0v) is 26.3. The van der Waals surface area contributed by atoms with E-state index >= 15 is 0 Å². The van der Waals surface area contributed by atoms with E-state index in [1.165, 1.54) is 110 Å². The van der Waals surface area contributed by atoms with Gasteiger partial charge in [0.2, 0.25) is 0 Å². The highest BCUT2D eigenvalue weighted by atomic mass is 32.1. The van der Waals surface area contributed by atoms with Crippen LogP contribution in [0.3, 0.4) is 0 Å². The van der Waals surface area contributed by atoms with E-state index in [4.69, 9.17) is 0 Å². The Hall–Kier alpha value is -2.70. The highest BCUT2D eigenvalue weighted by Crippen LogP contribution is 2.48. The summed E-state index contributed by atoms with van der Waals surface area (Å²) < 4.78 is 8.48. The van der Waals surface area contributed by atoms with E-state index in [0.717, 1.165) is 6.54 Å². The van der Waals surface area contributed by atoms with E-state index < -0.39 is 0 Å². The van der Waals surface area contributed by atoms with E-state index in [-0.39, 0.29) is 0 Å². The normalized spacial score (nSPS) is 11.9.